The molecule has 3 nitrogen and oxygen atoms in total. The molecule has 0 aliphatic rings. The van der Waals surface area contributed by atoms with Crippen LogP contribution in [0.1, 0.15) is 22.8 Å². The molecule has 0 fully saturated rings. The van der Waals surface area contributed by atoms with E-state index in [1.54, 1.807) is 0 Å². The number of nitrogen functional groups attached to an aromatic ring is 1. The normalized spacial score (nSPS) is 10.8. The molecule has 0 aliphatic carbocycles. The predicted octanol–water partition coefficient (Wildman–Crippen LogP) is 2.69. The lowest BCUT2D eigenvalue weighted by molar-refractivity contribution is 0.932. The fourth-order valence-electron chi connectivity index (χ4n) is 2.00. The summed E-state index contributed by atoms with van der Waals surface area (Å²) in [5.74, 6) is 1.00. The van der Waals surface area contributed by atoms with Crippen LogP contribution in [-0.2, 0) is 0 Å². The third-order valence-electron chi connectivity index (χ3n) is 2.99. The minimum absolute atomic E-state index is 0.783. The number of anilines is 1. The number of imidazole rings is 1. The van der Waals surface area contributed by atoms with Gasteiger partial charge in [-0.25, -0.2) is 4.98 Å². The number of rotatable bonds is 1. The van der Waals surface area contributed by atoms with E-state index >= 15 is 0 Å². The number of aryl methyl sites for hydroxylation is 3. The van der Waals surface area contributed by atoms with Gasteiger partial charge >= 0.3 is 0 Å². The molecule has 16 heavy (non-hydrogen) atoms. The Hall–Kier alpha value is -1.77. The second-order valence-electron chi connectivity index (χ2n) is 4.21. The van der Waals surface area contributed by atoms with Crippen LogP contribution in [0, 0.1) is 27.7 Å². The molecule has 0 amide bonds. The topological polar surface area (TPSA) is 43.8 Å². The minimum Gasteiger partial charge on any atom is -0.399 e. The summed E-state index contributed by atoms with van der Waals surface area (Å²) in [6.45, 7) is 8.21. The lowest BCUT2D eigenvalue weighted by atomic mass is 10.1. The molecule has 2 rings (SSSR count). The zero-order valence-corrected chi connectivity index (χ0v) is 10.2. The first kappa shape index (κ1) is 10.7. The number of hydrogen-bond acceptors (Lipinski definition) is 2. The molecule has 0 bridgehead atoms. The van der Waals surface area contributed by atoms with Crippen LogP contribution in [-0.4, -0.2) is 9.55 Å². The van der Waals surface area contributed by atoms with Crippen molar-refractivity contribution in [3.05, 3.63) is 41.0 Å². The summed E-state index contributed by atoms with van der Waals surface area (Å²) >= 11 is 0. The summed E-state index contributed by atoms with van der Waals surface area (Å²) in [5.41, 5.74) is 11.2. The van der Waals surface area contributed by atoms with Gasteiger partial charge in [0, 0.05) is 11.4 Å². The zero-order valence-electron chi connectivity index (χ0n) is 10.2. The van der Waals surface area contributed by atoms with Crippen LogP contribution in [0.15, 0.2) is 18.2 Å². The van der Waals surface area contributed by atoms with E-state index in [0.717, 1.165) is 22.9 Å². The molecule has 84 valence electrons. The highest BCUT2D eigenvalue weighted by atomic mass is 15.1. The summed E-state index contributed by atoms with van der Waals surface area (Å²) in [7, 11) is 0. The van der Waals surface area contributed by atoms with E-state index in [0.29, 0.717) is 0 Å². The van der Waals surface area contributed by atoms with Crippen molar-refractivity contribution in [2.45, 2.75) is 27.7 Å². The minimum atomic E-state index is 0.783. The molecule has 0 aliphatic heterocycles. The quantitative estimate of drug-likeness (QED) is 0.743. The predicted molar refractivity (Wildman–Crippen MR) is 66.9 cm³/mol. The van der Waals surface area contributed by atoms with Gasteiger partial charge in [-0.2, -0.15) is 0 Å². The van der Waals surface area contributed by atoms with Gasteiger partial charge in [0.2, 0.25) is 0 Å². The lowest BCUT2D eigenvalue weighted by Crippen LogP contribution is -2.02. The number of aromatic nitrogens is 2. The van der Waals surface area contributed by atoms with Crippen LogP contribution in [0.4, 0.5) is 5.69 Å². The summed E-state index contributed by atoms with van der Waals surface area (Å²) in [5, 5.41) is 0. The molecule has 0 atom stereocenters. The Bertz CT molecular complexity index is 538. The highest BCUT2D eigenvalue weighted by Gasteiger charge is 2.11. The Morgan fingerprint density at radius 2 is 1.81 bits per heavy atom. The summed E-state index contributed by atoms with van der Waals surface area (Å²) in [4.78, 5) is 4.48. The van der Waals surface area contributed by atoms with Crippen LogP contribution in [0.5, 0.6) is 0 Å². The van der Waals surface area contributed by atoms with Crippen LogP contribution < -0.4 is 5.73 Å². The van der Waals surface area contributed by atoms with Crippen molar-refractivity contribution < 1.29 is 0 Å². The molecule has 0 spiro atoms. The van der Waals surface area contributed by atoms with Crippen molar-refractivity contribution in [3.63, 3.8) is 0 Å². The maximum Gasteiger partial charge on any atom is 0.110 e. The van der Waals surface area contributed by atoms with Gasteiger partial charge in [0.25, 0.3) is 0 Å². The number of nitrogens with zero attached hydrogens (tertiary/aromatic N) is 2. The summed E-state index contributed by atoms with van der Waals surface area (Å²) in [6, 6.07) is 5.96. The molecule has 1 aromatic heterocycles. The van der Waals surface area contributed by atoms with Crippen LogP contribution in [0.2, 0.25) is 0 Å². The average molecular weight is 215 g/mol. The molecule has 0 radical (unpaired) electrons. The first-order valence-corrected chi connectivity index (χ1v) is 5.39. The van der Waals surface area contributed by atoms with Crippen LogP contribution >= 0.6 is 0 Å². The molecule has 0 unspecified atom stereocenters. The average Bonchev–Trinajstić information content (AvgIpc) is 2.46. The van der Waals surface area contributed by atoms with Crippen LogP contribution in [0.3, 0.4) is 0 Å². The monoisotopic (exact) mass is 215 g/mol. The largest absolute Gasteiger partial charge is 0.399 e. The van der Waals surface area contributed by atoms with E-state index in [1.807, 2.05) is 32.0 Å². The van der Waals surface area contributed by atoms with E-state index in [9.17, 15) is 0 Å². The van der Waals surface area contributed by atoms with Gasteiger partial charge in [0.05, 0.1) is 11.4 Å². The van der Waals surface area contributed by atoms with Crippen LogP contribution in [0.25, 0.3) is 5.69 Å². The van der Waals surface area contributed by atoms with E-state index < -0.39 is 0 Å². The van der Waals surface area contributed by atoms with E-state index in [4.69, 9.17) is 5.73 Å². The molecule has 3 heteroatoms. The van der Waals surface area contributed by atoms with Gasteiger partial charge in [-0.15, -0.1) is 0 Å². The Balaban J connectivity index is 2.71. The fourth-order valence-corrected chi connectivity index (χ4v) is 2.00. The van der Waals surface area contributed by atoms with E-state index in [2.05, 4.69) is 23.4 Å². The van der Waals surface area contributed by atoms with Gasteiger partial charge in [0.15, 0.2) is 0 Å². The molecule has 1 aromatic carbocycles. The first-order chi connectivity index (χ1) is 7.50. The Kier molecular flexibility index (Phi) is 2.46. The third kappa shape index (κ3) is 1.58. The Labute approximate surface area is 95.9 Å². The van der Waals surface area contributed by atoms with Crippen molar-refractivity contribution in [3.8, 4) is 5.69 Å². The summed E-state index contributed by atoms with van der Waals surface area (Å²) < 4.78 is 2.15. The molecular weight excluding hydrogens is 198 g/mol. The third-order valence-corrected chi connectivity index (χ3v) is 2.99. The van der Waals surface area contributed by atoms with E-state index in [1.165, 1.54) is 11.3 Å². The molecule has 1 heterocycles. The van der Waals surface area contributed by atoms with Crippen molar-refractivity contribution in [1.29, 1.82) is 0 Å². The second-order valence-corrected chi connectivity index (χ2v) is 4.21. The molecule has 2 aromatic rings. The van der Waals surface area contributed by atoms with Gasteiger partial charge in [0.1, 0.15) is 5.82 Å². The SMILES string of the molecule is Cc1ccc(N)cc1-n1c(C)nc(C)c1C. The first-order valence-electron chi connectivity index (χ1n) is 5.39. The zero-order chi connectivity index (χ0) is 11.9. The van der Waals surface area contributed by atoms with Gasteiger partial charge in [-0.3, -0.25) is 0 Å². The smallest absolute Gasteiger partial charge is 0.110 e. The number of benzene rings is 1. The molecular formula is C13H17N3. The van der Waals surface area contributed by atoms with Crippen molar-refractivity contribution >= 4 is 5.69 Å². The standard InChI is InChI=1S/C13H17N3/c1-8-5-6-12(14)7-13(8)16-10(3)9(2)15-11(16)4/h5-7H,14H2,1-4H3. The summed E-state index contributed by atoms with van der Waals surface area (Å²) in [6.07, 6.45) is 0. The van der Waals surface area contributed by atoms with Gasteiger partial charge in [-0.05, 0) is 45.4 Å². The molecule has 0 saturated carbocycles. The highest BCUT2D eigenvalue weighted by Crippen LogP contribution is 2.22. The van der Waals surface area contributed by atoms with Crippen molar-refractivity contribution in [2.24, 2.45) is 0 Å². The van der Waals surface area contributed by atoms with E-state index in [-0.39, 0.29) is 0 Å². The fraction of sp³-hybridized carbons (Fsp3) is 0.308. The van der Waals surface area contributed by atoms with Gasteiger partial charge in [-0.1, -0.05) is 6.07 Å². The van der Waals surface area contributed by atoms with Crippen molar-refractivity contribution in [1.82, 2.24) is 9.55 Å². The Morgan fingerprint density at radius 1 is 1.12 bits per heavy atom. The number of nitrogens with two attached hydrogens (primary N) is 1. The Morgan fingerprint density at radius 3 is 2.38 bits per heavy atom. The number of hydrogen-bond donors (Lipinski definition) is 1. The molecule has 0 saturated heterocycles. The molecule has 2 N–H and O–H groups in total. The van der Waals surface area contributed by atoms with Crippen molar-refractivity contribution in [2.75, 3.05) is 5.73 Å². The highest BCUT2D eigenvalue weighted by molar-refractivity contribution is 5.53. The second kappa shape index (κ2) is 3.67. The lowest BCUT2D eigenvalue weighted by Gasteiger charge is -2.12. The maximum atomic E-state index is 5.84. The van der Waals surface area contributed by atoms with Gasteiger partial charge < -0.3 is 10.3 Å². The maximum absolute atomic E-state index is 5.84.